The highest BCUT2D eigenvalue weighted by Gasteiger charge is 2.30. The SMILES string of the molecule is CN(CC1CCN(c2ccccc2)C1)CC1(C)CCOCC1. The van der Waals surface area contributed by atoms with Crippen molar-refractivity contribution in [2.24, 2.45) is 11.3 Å². The zero-order valence-corrected chi connectivity index (χ0v) is 14.1. The van der Waals surface area contributed by atoms with Crippen LogP contribution < -0.4 is 4.90 Å². The van der Waals surface area contributed by atoms with E-state index in [0.29, 0.717) is 5.41 Å². The number of hydrogen-bond donors (Lipinski definition) is 0. The van der Waals surface area contributed by atoms with Crippen LogP contribution in [0, 0.1) is 11.3 Å². The molecule has 122 valence electrons. The van der Waals surface area contributed by atoms with Gasteiger partial charge >= 0.3 is 0 Å². The largest absolute Gasteiger partial charge is 0.381 e. The van der Waals surface area contributed by atoms with Crippen LogP contribution in [0.25, 0.3) is 0 Å². The molecule has 0 radical (unpaired) electrons. The molecule has 1 aromatic rings. The number of para-hydroxylation sites is 1. The molecule has 0 saturated carbocycles. The Hall–Kier alpha value is -1.06. The Bertz CT molecular complexity index is 456. The predicted molar refractivity (Wildman–Crippen MR) is 92.4 cm³/mol. The molecule has 3 rings (SSSR count). The second-order valence-electron chi connectivity index (χ2n) is 7.56. The summed E-state index contributed by atoms with van der Waals surface area (Å²) < 4.78 is 5.52. The van der Waals surface area contributed by atoms with Crippen molar-refractivity contribution >= 4 is 5.69 Å². The van der Waals surface area contributed by atoms with Crippen LogP contribution in [0.3, 0.4) is 0 Å². The van der Waals surface area contributed by atoms with Crippen LogP contribution >= 0.6 is 0 Å². The molecule has 0 amide bonds. The van der Waals surface area contributed by atoms with Crippen molar-refractivity contribution in [3.63, 3.8) is 0 Å². The van der Waals surface area contributed by atoms with Gasteiger partial charge in [-0.2, -0.15) is 0 Å². The summed E-state index contributed by atoms with van der Waals surface area (Å²) in [5, 5.41) is 0. The van der Waals surface area contributed by atoms with Crippen LogP contribution in [-0.4, -0.2) is 51.3 Å². The molecule has 1 atom stereocenters. The number of benzene rings is 1. The van der Waals surface area contributed by atoms with E-state index in [9.17, 15) is 0 Å². The summed E-state index contributed by atoms with van der Waals surface area (Å²) in [6, 6.07) is 10.8. The number of rotatable bonds is 5. The van der Waals surface area contributed by atoms with Crippen molar-refractivity contribution in [2.45, 2.75) is 26.2 Å². The van der Waals surface area contributed by atoms with Gasteiger partial charge in [0.15, 0.2) is 0 Å². The van der Waals surface area contributed by atoms with Gasteiger partial charge in [-0.25, -0.2) is 0 Å². The Morgan fingerprint density at radius 1 is 1.23 bits per heavy atom. The van der Waals surface area contributed by atoms with Gasteiger partial charge < -0.3 is 14.5 Å². The second kappa shape index (κ2) is 7.01. The van der Waals surface area contributed by atoms with Gasteiger partial charge in [0.25, 0.3) is 0 Å². The molecule has 2 aliphatic rings. The van der Waals surface area contributed by atoms with Crippen molar-refractivity contribution < 1.29 is 4.74 Å². The van der Waals surface area contributed by atoms with Gasteiger partial charge in [0.1, 0.15) is 0 Å². The van der Waals surface area contributed by atoms with Crippen LogP contribution in [0.15, 0.2) is 30.3 Å². The Kier molecular flexibility index (Phi) is 5.04. The normalized spacial score (nSPS) is 24.9. The van der Waals surface area contributed by atoms with Gasteiger partial charge in [-0.3, -0.25) is 0 Å². The fraction of sp³-hybridized carbons (Fsp3) is 0.684. The minimum absolute atomic E-state index is 0.449. The average Bonchev–Trinajstić information content (AvgIpc) is 2.96. The van der Waals surface area contributed by atoms with Crippen molar-refractivity contribution in [2.75, 3.05) is 51.3 Å². The van der Waals surface area contributed by atoms with Crippen molar-refractivity contribution in [1.29, 1.82) is 0 Å². The summed E-state index contributed by atoms with van der Waals surface area (Å²) in [5.41, 5.74) is 1.83. The van der Waals surface area contributed by atoms with E-state index in [1.54, 1.807) is 0 Å². The zero-order valence-electron chi connectivity index (χ0n) is 14.1. The molecular formula is C19H30N2O. The third kappa shape index (κ3) is 4.02. The molecule has 1 aromatic carbocycles. The van der Waals surface area contributed by atoms with Crippen molar-refractivity contribution in [3.05, 3.63) is 30.3 Å². The van der Waals surface area contributed by atoms with Gasteiger partial charge in [0, 0.05) is 45.1 Å². The lowest BCUT2D eigenvalue weighted by Gasteiger charge is -2.37. The van der Waals surface area contributed by atoms with E-state index in [1.165, 1.54) is 51.1 Å². The maximum absolute atomic E-state index is 5.52. The van der Waals surface area contributed by atoms with Crippen LogP contribution in [0.2, 0.25) is 0 Å². The molecule has 0 bridgehead atoms. The Morgan fingerprint density at radius 2 is 1.95 bits per heavy atom. The average molecular weight is 302 g/mol. The highest BCUT2D eigenvalue weighted by Crippen LogP contribution is 2.31. The van der Waals surface area contributed by atoms with E-state index in [2.05, 4.69) is 54.1 Å². The standard InChI is InChI=1S/C19H30N2O/c1-19(9-12-22-13-10-19)16-20(2)14-17-8-11-21(15-17)18-6-4-3-5-7-18/h3-7,17H,8-16H2,1-2H3. The first-order valence-corrected chi connectivity index (χ1v) is 8.71. The van der Waals surface area contributed by atoms with Gasteiger partial charge in [-0.15, -0.1) is 0 Å². The maximum atomic E-state index is 5.52. The van der Waals surface area contributed by atoms with E-state index >= 15 is 0 Å². The second-order valence-corrected chi connectivity index (χ2v) is 7.56. The van der Waals surface area contributed by atoms with Crippen LogP contribution in [0.1, 0.15) is 26.2 Å². The van der Waals surface area contributed by atoms with Crippen LogP contribution in [-0.2, 0) is 4.74 Å². The quantitative estimate of drug-likeness (QED) is 0.830. The molecule has 0 spiro atoms. The molecule has 0 aromatic heterocycles. The van der Waals surface area contributed by atoms with E-state index in [1.807, 2.05) is 0 Å². The number of nitrogens with zero attached hydrogens (tertiary/aromatic N) is 2. The molecule has 0 N–H and O–H groups in total. The Balaban J connectivity index is 1.47. The van der Waals surface area contributed by atoms with Gasteiger partial charge in [-0.1, -0.05) is 25.1 Å². The van der Waals surface area contributed by atoms with Crippen molar-refractivity contribution in [3.8, 4) is 0 Å². The highest BCUT2D eigenvalue weighted by molar-refractivity contribution is 5.46. The fourth-order valence-corrected chi connectivity index (χ4v) is 4.03. The van der Waals surface area contributed by atoms with Crippen molar-refractivity contribution in [1.82, 2.24) is 4.90 Å². The predicted octanol–water partition coefficient (Wildman–Crippen LogP) is 3.26. The molecule has 3 heteroatoms. The lowest BCUT2D eigenvalue weighted by molar-refractivity contribution is 0.00737. The van der Waals surface area contributed by atoms with E-state index in [-0.39, 0.29) is 0 Å². The molecular weight excluding hydrogens is 272 g/mol. The third-order valence-electron chi connectivity index (χ3n) is 5.33. The molecule has 22 heavy (non-hydrogen) atoms. The van der Waals surface area contributed by atoms with E-state index < -0.39 is 0 Å². The lowest BCUT2D eigenvalue weighted by Crippen LogP contribution is -2.40. The first kappa shape index (κ1) is 15.8. The molecule has 2 heterocycles. The number of anilines is 1. The Labute approximate surface area is 135 Å². The third-order valence-corrected chi connectivity index (χ3v) is 5.33. The summed E-state index contributed by atoms with van der Waals surface area (Å²) in [4.78, 5) is 5.10. The van der Waals surface area contributed by atoms with Gasteiger partial charge in [0.2, 0.25) is 0 Å². The monoisotopic (exact) mass is 302 g/mol. The van der Waals surface area contributed by atoms with Gasteiger partial charge in [-0.05, 0) is 49.8 Å². The van der Waals surface area contributed by atoms with E-state index in [0.717, 1.165) is 19.1 Å². The first-order valence-electron chi connectivity index (χ1n) is 8.71. The number of ether oxygens (including phenoxy) is 1. The summed E-state index contributed by atoms with van der Waals surface area (Å²) in [6.07, 6.45) is 3.73. The molecule has 2 saturated heterocycles. The Morgan fingerprint density at radius 3 is 2.68 bits per heavy atom. The molecule has 2 fully saturated rings. The zero-order chi connectivity index (χ0) is 15.4. The highest BCUT2D eigenvalue weighted by atomic mass is 16.5. The minimum atomic E-state index is 0.449. The minimum Gasteiger partial charge on any atom is -0.381 e. The summed E-state index contributed by atoms with van der Waals surface area (Å²) in [5.74, 6) is 0.800. The molecule has 2 aliphatic heterocycles. The van der Waals surface area contributed by atoms with Gasteiger partial charge in [0.05, 0.1) is 0 Å². The topological polar surface area (TPSA) is 15.7 Å². The smallest absolute Gasteiger partial charge is 0.0471 e. The molecule has 0 aliphatic carbocycles. The van der Waals surface area contributed by atoms with Crippen LogP contribution in [0.5, 0.6) is 0 Å². The molecule has 1 unspecified atom stereocenters. The maximum Gasteiger partial charge on any atom is 0.0471 e. The van der Waals surface area contributed by atoms with E-state index in [4.69, 9.17) is 4.74 Å². The fourth-order valence-electron chi connectivity index (χ4n) is 4.03. The summed E-state index contributed by atoms with van der Waals surface area (Å²) in [7, 11) is 2.30. The molecule has 3 nitrogen and oxygen atoms in total. The number of hydrogen-bond acceptors (Lipinski definition) is 3. The first-order chi connectivity index (χ1) is 10.6. The van der Waals surface area contributed by atoms with Crippen LogP contribution in [0.4, 0.5) is 5.69 Å². The lowest BCUT2D eigenvalue weighted by atomic mass is 9.82. The summed E-state index contributed by atoms with van der Waals surface area (Å²) >= 11 is 0. The summed E-state index contributed by atoms with van der Waals surface area (Å²) in [6.45, 7) is 9.14.